The highest BCUT2D eigenvalue weighted by molar-refractivity contribution is 7.89. The molecule has 0 aromatic carbocycles. The van der Waals surface area contributed by atoms with Gasteiger partial charge in [-0.25, -0.2) is 13.1 Å². The zero-order chi connectivity index (χ0) is 15.4. The molecule has 4 N–H and O–H groups in total. The Bertz CT molecular complexity index is 424. The van der Waals surface area contributed by atoms with Crippen molar-refractivity contribution in [2.75, 3.05) is 5.75 Å². The molecule has 6 heteroatoms. The molecule has 0 aromatic heterocycles. The molecule has 0 aromatic rings. The number of hydrogen-bond acceptors (Lipinski definition) is 3. The van der Waals surface area contributed by atoms with Crippen molar-refractivity contribution in [2.45, 2.75) is 64.8 Å². The largest absolute Gasteiger partial charge is 0.386 e. The highest BCUT2D eigenvalue weighted by Crippen LogP contribution is 2.34. The maximum Gasteiger partial charge on any atom is 0.212 e. The molecule has 1 aliphatic rings. The van der Waals surface area contributed by atoms with Crippen molar-refractivity contribution >= 4 is 15.9 Å². The van der Waals surface area contributed by atoms with Gasteiger partial charge in [0, 0.05) is 0 Å². The van der Waals surface area contributed by atoms with Crippen LogP contribution in [0.2, 0.25) is 0 Å². The zero-order valence-electron chi connectivity index (χ0n) is 12.9. The SMILES string of the molecule is CCC1CCC(NS(=O)(=O)CCC(C)C)(C(=N)N)CC1. The van der Waals surface area contributed by atoms with Gasteiger partial charge in [0.1, 0.15) is 5.84 Å². The monoisotopic (exact) mass is 303 g/mol. The van der Waals surface area contributed by atoms with Crippen LogP contribution in [0.15, 0.2) is 0 Å². The van der Waals surface area contributed by atoms with Gasteiger partial charge in [-0.15, -0.1) is 0 Å². The van der Waals surface area contributed by atoms with E-state index in [-0.39, 0.29) is 11.6 Å². The van der Waals surface area contributed by atoms with E-state index in [9.17, 15) is 8.42 Å². The molecule has 0 unspecified atom stereocenters. The molecule has 0 aliphatic heterocycles. The van der Waals surface area contributed by atoms with Crippen LogP contribution < -0.4 is 10.5 Å². The molecule has 0 spiro atoms. The van der Waals surface area contributed by atoms with Crippen LogP contribution in [0.4, 0.5) is 0 Å². The van der Waals surface area contributed by atoms with E-state index >= 15 is 0 Å². The van der Waals surface area contributed by atoms with Crippen LogP contribution in [-0.4, -0.2) is 25.5 Å². The Balaban J connectivity index is 2.76. The van der Waals surface area contributed by atoms with Crippen molar-refractivity contribution in [3.8, 4) is 0 Å². The van der Waals surface area contributed by atoms with Crippen LogP contribution in [0.25, 0.3) is 0 Å². The molecule has 1 fully saturated rings. The summed E-state index contributed by atoms with van der Waals surface area (Å²) in [6.07, 6.45) is 4.88. The number of nitrogens with two attached hydrogens (primary N) is 1. The quantitative estimate of drug-likeness (QED) is 0.497. The Morgan fingerprint density at radius 3 is 2.35 bits per heavy atom. The van der Waals surface area contributed by atoms with Gasteiger partial charge in [0.25, 0.3) is 0 Å². The second kappa shape index (κ2) is 6.89. The van der Waals surface area contributed by atoms with Crippen LogP contribution in [0.1, 0.15) is 59.3 Å². The molecule has 0 saturated heterocycles. The highest BCUT2D eigenvalue weighted by Gasteiger charge is 2.40. The van der Waals surface area contributed by atoms with Gasteiger partial charge in [-0.3, -0.25) is 5.41 Å². The van der Waals surface area contributed by atoms with Crippen molar-refractivity contribution < 1.29 is 8.42 Å². The molecule has 0 heterocycles. The normalized spacial score (nSPS) is 27.7. The molecule has 20 heavy (non-hydrogen) atoms. The van der Waals surface area contributed by atoms with E-state index in [0.717, 1.165) is 19.3 Å². The number of rotatable bonds is 7. The average Bonchev–Trinajstić information content (AvgIpc) is 2.37. The van der Waals surface area contributed by atoms with Gasteiger partial charge in [0.15, 0.2) is 0 Å². The first-order chi connectivity index (χ1) is 9.21. The zero-order valence-corrected chi connectivity index (χ0v) is 13.7. The fourth-order valence-electron chi connectivity index (χ4n) is 2.74. The summed E-state index contributed by atoms with van der Waals surface area (Å²) in [5.41, 5.74) is 4.86. The Kier molecular flexibility index (Phi) is 6.01. The van der Waals surface area contributed by atoms with Crippen LogP contribution in [0.5, 0.6) is 0 Å². The summed E-state index contributed by atoms with van der Waals surface area (Å²) in [5, 5.41) is 7.81. The van der Waals surface area contributed by atoms with Crippen molar-refractivity contribution in [3.05, 3.63) is 0 Å². The molecular formula is C14H29N3O2S. The summed E-state index contributed by atoms with van der Waals surface area (Å²) < 4.78 is 27.1. The third kappa shape index (κ3) is 4.74. The summed E-state index contributed by atoms with van der Waals surface area (Å²) in [5.74, 6) is 1.04. The van der Waals surface area contributed by atoms with E-state index in [1.54, 1.807) is 0 Å². The lowest BCUT2D eigenvalue weighted by Crippen LogP contribution is -2.59. The molecule has 0 amide bonds. The fourth-order valence-corrected chi connectivity index (χ4v) is 4.54. The standard InChI is InChI=1S/C14H29N3O2S/c1-4-12-5-8-14(9-6-12,13(15)16)17-20(18,19)10-7-11(2)3/h11-12,17H,4-10H2,1-3H3,(H3,15,16). The van der Waals surface area contributed by atoms with Crippen LogP contribution in [0.3, 0.4) is 0 Å². The smallest absolute Gasteiger partial charge is 0.212 e. The Morgan fingerprint density at radius 2 is 1.95 bits per heavy atom. The molecular weight excluding hydrogens is 274 g/mol. The van der Waals surface area contributed by atoms with Gasteiger partial charge in [0.2, 0.25) is 10.0 Å². The molecule has 118 valence electrons. The van der Waals surface area contributed by atoms with E-state index in [2.05, 4.69) is 11.6 Å². The lowest BCUT2D eigenvalue weighted by molar-refractivity contribution is 0.266. The second-order valence-electron chi connectivity index (χ2n) is 6.45. The van der Waals surface area contributed by atoms with Crippen LogP contribution in [-0.2, 0) is 10.0 Å². The summed E-state index contributed by atoms with van der Waals surface area (Å²) in [6, 6.07) is 0. The third-order valence-corrected chi connectivity index (χ3v) is 5.84. The average molecular weight is 303 g/mol. The Hall–Kier alpha value is -0.620. The Morgan fingerprint density at radius 1 is 1.40 bits per heavy atom. The molecule has 1 saturated carbocycles. The maximum atomic E-state index is 12.2. The van der Waals surface area contributed by atoms with Gasteiger partial charge in [-0.1, -0.05) is 27.2 Å². The fraction of sp³-hybridized carbons (Fsp3) is 0.929. The summed E-state index contributed by atoms with van der Waals surface area (Å²) in [4.78, 5) is 0. The third-order valence-electron chi connectivity index (χ3n) is 4.37. The predicted octanol–water partition coefficient (Wildman–Crippen LogP) is 2.23. The molecule has 1 rings (SSSR count). The van der Waals surface area contributed by atoms with E-state index in [1.807, 2.05) is 13.8 Å². The minimum atomic E-state index is -3.37. The summed E-state index contributed by atoms with van der Waals surface area (Å²) in [7, 11) is -3.37. The minimum Gasteiger partial charge on any atom is -0.386 e. The van der Waals surface area contributed by atoms with Crippen LogP contribution >= 0.6 is 0 Å². The predicted molar refractivity (Wildman–Crippen MR) is 83.3 cm³/mol. The molecule has 5 nitrogen and oxygen atoms in total. The molecule has 1 aliphatic carbocycles. The van der Waals surface area contributed by atoms with E-state index in [0.29, 0.717) is 31.1 Å². The maximum absolute atomic E-state index is 12.2. The van der Waals surface area contributed by atoms with Crippen LogP contribution in [0, 0.1) is 17.2 Å². The van der Waals surface area contributed by atoms with E-state index in [4.69, 9.17) is 11.1 Å². The van der Waals surface area contributed by atoms with Crippen molar-refractivity contribution in [3.63, 3.8) is 0 Å². The lowest BCUT2D eigenvalue weighted by atomic mass is 9.75. The van der Waals surface area contributed by atoms with Crippen molar-refractivity contribution in [1.82, 2.24) is 4.72 Å². The number of nitrogens with one attached hydrogen (secondary N) is 2. The minimum absolute atomic E-state index is 0.0415. The summed E-state index contributed by atoms with van der Waals surface area (Å²) >= 11 is 0. The topological polar surface area (TPSA) is 96.0 Å². The molecule has 0 atom stereocenters. The summed E-state index contributed by atoms with van der Waals surface area (Å²) in [6.45, 7) is 6.16. The number of amidine groups is 1. The first kappa shape index (κ1) is 17.4. The molecule has 0 radical (unpaired) electrons. The number of sulfonamides is 1. The second-order valence-corrected chi connectivity index (χ2v) is 8.29. The van der Waals surface area contributed by atoms with Crippen molar-refractivity contribution in [1.29, 1.82) is 5.41 Å². The van der Waals surface area contributed by atoms with Gasteiger partial charge in [-0.2, -0.15) is 0 Å². The van der Waals surface area contributed by atoms with Gasteiger partial charge in [0.05, 0.1) is 11.3 Å². The Labute approximate surface area is 123 Å². The van der Waals surface area contributed by atoms with Crippen molar-refractivity contribution in [2.24, 2.45) is 17.6 Å². The first-order valence-electron chi connectivity index (χ1n) is 7.57. The van der Waals surface area contributed by atoms with Gasteiger partial charge >= 0.3 is 0 Å². The van der Waals surface area contributed by atoms with Gasteiger partial charge < -0.3 is 5.73 Å². The first-order valence-corrected chi connectivity index (χ1v) is 9.22. The highest BCUT2D eigenvalue weighted by atomic mass is 32.2. The van der Waals surface area contributed by atoms with Gasteiger partial charge in [-0.05, 0) is 43.9 Å². The lowest BCUT2D eigenvalue weighted by Gasteiger charge is -2.39. The van der Waals surface area contributed by atoms with E-state index < -0.39 is 15.6 Å². The number of hydrogen-bond donors (Lipinski definition) is 3. The van der Waals surface area contributed by atoms with E-state index in [1.165, 1.54) is 0 Å². The molecule has 0 bridgehead atoms.